The summed E-state index contributed by atoms with van der Waals surface area (Å²) in [7, 11) is 0. The van der Waals surface area contributed by atoms with Crippen LogP contribution in [-0.2, 0) is 4.79 Å². The SMILES string of the molecule is CC(C)NC(N)=NC(C)C(=O)N1CCCC1. The van der Waals surface area contributed by atoms with Crippen molar-refractivity contribution in [3.63, 3.8) is 0 Å². The van der Waals surface area contributed by atoms with Crippen LogP contribution in [0, 0.1) is 0 Å². The minimum absolute atomic E-state index is 0.0750. The van der Waals surface area contributed by atoms with E-state index in [0.29, 0.717) is 5.96 Å². The summed E-state index contributed by atoms with van der Waals surface area (Å²) in [6.45, 7) is 7.46. The smallest absolute Gasteiger partial charge is 0.247 e. The first kappa shape index (κ1) is 12.8. The fourth-order valence-corrected chi connectivity index (χ4v) is 1.80. The van der Waals surface area contributed by atoms with Gasteiger partial charge in [-0.05, 0) is 33.6 Å². The zero-order valence-electron chi connectivity index (χ0n) is 10.4. The molecule has 0 aromatic carbocycles. The first-order chi connectivity index (χ1) is 7.50. The van der Waals surface area contributed by atoms with Gasteiger partial charge in [-0.3, -0.25) is 4.79 Å². The molecule has 0 bridgehead atoms. The summed E-state index contributed by atoms with van der Waals surface area (Å²) >= 11 is 0. The molecule has 0 radical (unpaired) electrons. The highest BCUT2D eigenvalue weighted by atomic mass is 16.2. The molecule has 92 valence electrons. The Bertz CT molecular complexity index is 269. The zero-order valence-corrected chi connectivity index (χ0v) is 10.4. The van der Waals surface area contributed by atoms with Crippen LogP contribution in [0.25, 0.3) is 0 Å². The molecule has 0 saturated carbocycles. The lowest BCUT2D eigenvalue weighted by Gasteiger charge is -2.18. The van der Waals surface area contributed by atoms with E-state index in [0.717, 1.165) is 25.9 Å². The van der Waals surface area contributed by atoms with Crippen LogP contribution in [0.4, 0.5) is 0 Å². The van der Waals surface area contributed by atoms with E-state index in [1.165, 1.54) is 0 Å². The monoisotopic (exact) mass is 226 g/mol. The van der Waals surface area contributed by atoms with E-state index in [1.54, 1.807) is 6.92 Å². The molecule has 1 aliphatic rings. The molecule has 0 aliphatic carbocycles. The number of nitrogens with two attached hydrogens (primary N) is 1. The lowest BCUT2D eigenvalue weighted by atomic mass is 10.3. The van der Waals surface area contributed by atoms with Gasteiger partial charge >= 0.3 is 0 Å². The summed E-state index contributed by atoms with van der Waals surface area (Å²) in [5, 5.41) is 2.98. The highest BCUT2D eigenvalue weighted by Crippen LogP contribution is 2.10. The maximum atomic E-state index is 11.9. The van der Waals surface area contributed by atoms with Gasteiger partial charge in [0.25, 0.3) is 0 Å². The highest BCUT2D eigenvalue weighted by molar-refractivity contribution is 5.86. The van der Waals surface area contributed by atoms with Gasteiger partial charge in [0.2, 0.25) is 5.91 Å². The molecule has 16 heavy (non-hydrogen) atoms. The first-order valence-electron chi connectivity index (χ1n) is 5.89. The topological polar surface area (TPSA) is 70.7 Å². The van der Waals surface area contributed by atoms with Gasteiger partial charge in [-0.25, -0.2) is 4.99 Å². The van der Waals surface area contributed by atoms with Gasteiger partial charge in [-0.1, -0.05) is 0 Å². The van der Waals surface area contributed by atoms with Crippen molar-refractivity contribution in [2.75, 3.05) is 13.1 Å². The van der Waals surface area contributed by atoms with Gasteiger partial charge in [-0.2, -0.15) is 0 Å². The molecular weight excluding hydrogens is 204 g/mol. The summed E-state index contributed by atoms with van der Waals surface area (Å²) in [5.41, 5.74) is 5.68. The fraction of sp³-hybridized carbons (Fsp3) is 0.818. The van der Waals surface area contributed by atoms with Crippen LogP contribution in [0.15, 0.2) is 4.99 Å². The second kappa shape index (κ2) is 5.72. The molecule has 5 heteroatoms. The molecule has 0 aromatic heterocycles. The zero-order chi connectivity index (χ0) is 12.1. The van der Waals surface area contributed by atoms with Crippen molar-refractivity contribution >= 4 is 11.9 Å². The fourth-order valence-electron chi connectivity index (χ4n) is 1.80. The van der Waals surface area contributed by atoms with E-state index < -0.39 is 0 Å². The minimum atomic E-state index is -0.385. The third-order valence-corrected chi connectivity index (χ3v) is 2.54. The second-order valence-corrected chi connectivity index (χ2v) is 4.52. The third kappa shape index (κ3) is 3.72. The predicted octanol–water partition coefficient (Wildman–Crippen LogP) is 0.310. The van der Waals surface area contributed by atoms with Gasteiger partial charge in [-0.15, -0.1) is 0 Å². The summed E-state index contributed by atoms with van der Waals surface area (Å²) in [5.74, 6) is 0.418. The number of nitrogens with zero attached hydrogens (tertiary/aromatic N) is 2. The molecule has 1 amide bonds. The molecule has 1 heterocycles. The van der Waals surface area contributed by atoms with Crippen molar-refractivity contribution in [2.45, 2.75) is 45.7 Å². The molecule has 1 unspecified atom stereocenters. The van der Waals surface area contributed by atoms with Gasteiger partial charge in [0, 0.05) is 19.1 Å². The van der Waals surface area contributed by atoms with Crippen molar-refractivity contribution in [3.05, 3.63) is 0 Å². The summed E-state index contributed by atoms with van der Waals surface area (Å²) < 4.78 is 0. The van der Waals surface area contributed by atoms with Gasteiger partial charge in [0.1, 0.15) is 6.04 Å². The van der Waals surface area contributed by atoms with Gasteiger partial charge in [0.05, 0.1) is 0 Å². The number of amides is 1. The Balaban J connectivity index is 2.49. The molecule has 1 fully saturated rings. The summed E-state index contributed by atoms with van der Waals surface area (Å²) in [6.07, 6.45) is 2.20. The molecule has 1 rings (SSSR count). The van der Waals surface area contributed by atoms with E-state index in [1.807, 2.05) is 18.7 Å². The standard InChI is InChI=1S/C11H22N4O/c1-8(2)13-11(12)14-9(3)10(16)15-6-4-5-7-15/h8-9H,4-7H2,1-3H3,(H3,12,13,14). The molecular formula is C11H22N4O. The number of hydrogen-bond acceptors (Lipinski definition) is 2. The van der Waals surface area contributed by atoms with Gasteiger partial charge < -0.3 is 16.0 Å². The number of guanidine groups is 1. The number of hydrogen-bond donors (Lipinski definition) is 2. The van der Waals surface area contributed by atoms with Crippen LogP contribution in [0.5, 0.6) is 0 Å². The molecule has 1 atom stereocenters. The lowest BCUT2D eigenvalue weighted by Crippen LogP contribution is -2.40. The average Bonchev–Trinajstić information content (AvgIpc) is 2.67. The molecule has 3 N–H and O–H groups in total. The number of nitrogens with one attached hydrogen (secondary N) is 1. The number of rotatable bonds is 3. The van der Waals surface area contributed by atoms with Crippen LogP contribution in [0.1, 0.15) is 33.6 Å². The van der Waals surface area contributed by atoms with E-state index in [-0.39, 0.29) is 18.0 Å². The quantitative estimate of drug-likeness (QED) is 0.537. The van der Waals surface area contributed by atoms with Crippen molar-refractivity contribution in [1.82, 2.24) is 10.2 Å². The number of carbonyl (C=O) groups is 1. The van der Waals surface area contributed by atoms with Crippen molar-refractivity contribution in [1.29, 1.82) is 0 Å². The molecule has 0 spiro atoms. The van der Waals surface area contributed by atoms with E-state index in [9.17, 15) is 4.79 Å². The highest BCUT2D eigenvalue weighted by Gasteiger charge is 2.22. The average molecular weight is 226 g/mol. The Morgan fingerprint density at radius 2 is 1.88 bits per heavy atom. The van der Waals surface area contributed by atoms with E-state index in [4.69, 9.17) is 5.73 Å². The van der Waals surface area contributed by atoms with Crippen LogP contribution >= 0.6 is 0 Å². The van der Waals surface area contributed by atoms with Crippen LogP contribution < -0.4 is 11.1 Å². The maximum Gasteiger partial charge on any atom is 0.247 e. The van der Waals surface area contributed by atoms with Crippen LogP contribution in [0.3, 0.4) is 0 Å². The Morgan fingerprint density at radius 1 is 1.31 bits per heavy atom. The number of aliphatic imine (C=N–C) groups is 1. The van der Waals surface area contributed by atoms with Crippen molar-refractivity contribution < 1.29 is 4.79 Å². The van der Waals surface area contributed by atoms with Crippen molar-refractivity contribution in [3.8, 4) is 0 Å². The third-order valence-electron chi connectivity index (χ3n) is 2.54. The Hall–Kier alpha value is -1.26. The summed E-state index contributed by atoms with van der Waals surface area (Å²) in [4.78, 5) is 17.9. The predicted molar refractivity (Wildman–Crippen MR) is 65.2 cm³/mol. The second-order valence-electron chi connectivity index (χ2n) is 4.52. The van der Waals surface area contributed by atoms with Gasteiger partial charge in [0.15, 0.2) is 5.96 Å². The normalized spacial score (nSPS) is 19.0. The molecule has 5 nitrogen and oxygen atoms in total. The largest absolute Gasteiger partial charge is 0.370 e. The minimum Gasteiger partial charge on any atom is -0.370 e. The molecule has 1 saturated heterocycles. The Labute approximate surface area is 97.1 Å². The Morgan fingerprint density at radius 3 is 2.38 bits per heavy atom. The molecule has 0 aromatic rings. The maximum absolute atomic E-state index is 11.9. The summed E-state index contributed by atoms with van der Waals surface area (Å²) in [6, 6.07) is -0.151. The first-order valence-corrected chi connectivity index (χ1v) is 5.89. The lowest BCUT2D eigenvalue weighted by molar-refractivity contribution is -0.131. The van der Waals surface area contributed by atoms with Crippen LogP contribution in [0.2, 0.25) is 0 Å². The number of carbonyl (C=O) groups excluding carboxylic acids is 1. The molecule has 1 aliphatic heterocycles. The van der Waals surface area contributed by atoms with Crippen molar-refractivity contribution in [2.24, 2.45) is 10.7 Å². The van der Waals surface area contributed by atoms with E-state index in [2.05, 4.69) is 10.3 Å². The number of likely N-dealkylation sites (tertiary alicyclic amines) is 1. The van der Waals surface area contributed by atoms with E-state index >= 15 is 0 Å². The Kier molecular flexibility index (Phi) is 4.58. The van der Waals surface area contributed by atoms with Crippen LogP contribution in [-0.4, -0.2) is 41.9 Å².